The molecule has 0 aromatic rings. The highest BCUT2D eigenvalue weighted by Gasteiger charge is 2.42. The van der Waals surface area contributed by atoms with E-state index in [4.69, 9.17) is 0 Å². The Hall–Kier alpha value is -0.140. The molecule has 2 heteroatoms. The molecule has 0 saturated carbocycles. The molecule has 0 radical (unpaired) electrons. The van der Waals surface area contributed by atoms with Gasteiger partial charge in [0.05, 0.1) is 0 Å². The minimum Gasteiger partial charge on any atom is -0.206 e. The molecule has 0 rings (SSSR count). The summed E-state index contributed by atoms with van der Waals surface area (Å²) in [5.74, 6) is -1.58. The van der Waals surface area contributed by atoms with Crippen molar-refractivity contribution in [3.63, 3.8) is 0 Å². The molecule has 112 valence electrons. The van der Waals surface area contributed by atoms with Crippen LogP contribution >= 0.6 is 0 Å². The summed E-state index contributed by atoms with van der Waals surface area (Å²) < 4.78 is 26.4. The van der Waals surface area contributed by atoms with E-state index < -0.39 is 11.3 Å². The van der Waals surface area contributed by atoms with Crippen LogP contribution in [0.4, 0.5) is 8.78 Å². The molecule has 0 aliphatic rings. The van der Waals surface area contributed by atoms with Gasteiger partial charge in [-0.05, 0) is 11.8 Å². The van der Waals surface area contributed by atoms with Crippen LogP contribution in [0.5, 0.6) is 0 Å². The van der Waals surface area contributed by atoms with Gasteiger partial charge in [-0.15, -0.1) is 0 Å². The van der Waals surface area contributed by atoms with Gasteiger partial charge in [0.2, 0.25) is 0 Å². The van der Waals surface area contributed by atoms with Crippen LogP contribution in [-0.4, -0.2) is 5.92 Å². The molecule has 0 aliphatic carbocycles. The number of alkyl halides is 2. The van der Waals surface area contributed by atoms with Crippen LogP contribution in [0.15, 0.2) is 0 Å². The largest absolute Gasteiger partial charge is 0.253 e. The van der Waals surface area contributed by atoms with Gasteiger partial charge in [-0.1, -0.05) is 74.7 Å². The molecule has 0 heterocycles. The minimum atomic E-state index is -2.54. The Morgan fingerprint density at radius 1 is 0.889 bits per heavy atom. The maximum absolute atomic E-state index is 13.2. The molecular formula is C16H34F2. The lowest BCUT2D eigenvalue weighted by Crippen LogP contribution is -2.35. The average Bonchev–Trinajstić information content (AvgIpc) is 2.11. The molecule has 18 heavy (non-hydrogen) atoms. The van der Waals surface area contributed by atoms with Crippen molar-refractivity contribution < 1.29 is 8.78 Å². The van der Waals surface area contributed by atoms with Crippen LogP contribution in [0.2, 0.25) is 0 Å². The number of hydrogen-bond acceptors (Lipinski definition) is 0. The van der Waals surface area contributed by atoms with E-state index >= 15 is 0 Å². The molecule has 0 aromatic carbocycles. The SMILES string of the molecule is CC(C)CC(F)(F)C(C)(C)C.CCCCC(C)C. The zero-order valence-electron chi connectivity index (χ0n) is 13.7. The van der Waals surface area contributed by atoms with E-state index in [1.165, 1.54) is 19.3 Å². The lowest BCUT2D eigenvalue weighted by Gasteiger charge is -2.31. The summed E-state index contributed by atoms with van der Waals surface area (Å²) in [6, 6.07) is 0. The van der Waals surface area contributed by atoms with Gasteiger partial charge in [0.15, 0.2) is 0 Å². The minimum absolute atomic E-state index is 0.0174. The smallest absolute Gasteiger partial charge is 0.206 e. The van der Waals surface area contributed by atoms with Crippen LogP contribution in [-0.2, 0) is 0 Å². The first kappa shape index (κ1) is 20.2. The first-order valence-corrected chi connectivity index (χ1v) is 7.31. The highest BCUT2D eigenvalue weighted by atomic mass is 19.3. The lowest BCUT2D eigenvalue weighted by atomic mass is 9.83. The summed E-state index contributed by atoms with van der Waals surface area (Å²) in [5, 5.41) is 0. The Labute approximate surface area is 114 Å². The molecule has 0 fully saturated rings. The fourth-order valence-corrected chi connectivity index (χ4v) is 1.43. The number of rotatable bonds is 5. The molecule has 0 aliphatic heterocycles. The van der Waals surface area contributed by atoms with Gasteiger partial charge in [-0.3, -0.25) is 0 Å². The standard InChI is InChI=1S/C9H18F2.C7H16/c1-7(2)6-9(10,11)8(3,4)5;1-4-5-6-7(2)3/h7H,6H2,1-5H3;7H,4-6H2,1-3H3. The molecule has 0 N–H and O–H groups in total. The van der Waals surface area contributed by atoms with E-state index in [9.17, 15) is 8.78 Å². The van der Waals surface area contributed by atoms with Gasteiger partial charge in [0.1, 0.15) is 0 Å². The zero-order chi connectivity index (χ0) is 15.0. The number of unbranched alkanes of at least 4 members (excludes halogenated alkanes) is 1. The van der Waals surface area contributed by atoms with Crippen molar-refractivity contribution in [2.75, 3.05) is 0 Å². The van der Waals surface area contributed by atoms with Gasteiger partial charge < -0.3 is 0 Å². The van der Waals surface area contributed by atoms with Gasteiger partial charge in [0, 0.05) is 11.8 Å². The maximum Gasteiger partial charge on any atom is 0.253 e. The molecule has 0 unspecified atom stereocenters. The summed E-state index contributed by atoms with van der Waals surface area (Å²) in [6.07, 6.45) is 4.13. The number of halogens is 2. The molecule has 0 nitrogen and oxygen atoms in total. The third-order valence-corrected chi connectivity index (χ3v) is 2.90. The Morgan fingerprint density at radius 2 is 1.33 bits per heavy atom. The van der Waals surface area contributed by atoms with Crippen molar-refractivity contribution in [1.82, 2.24) is 0 Å². The van der Waals surface area contributed by atoms with Gasteiger partial charge in [-0.2, -0.15) is 0 Å². The third-order valence-electron chi connectivity index (χ3n) is 2.90. The molecule has 0 spiro atoms. The van der Waals surface area contributed by atoms with Crippen LogP contribution in [0.1, 0.15) is 81.1 Å². The second-order valence-corrected chi connectivity index (χ2v) is 7.09. The topological polar surface area (TPSA) is 0 Å². The van der Waals surface area contributed by atoms with Crippen molar-refractivity contribution in [3.8, 4) is 0 Å². The van der Waals surface area contributed by atoms with Crippen LogP contribution in [0.3, 0.4) is 0 Å². The van der Waals surface area contributed by atoms with Crippen molar-refractivity contribution in [2.45, 2.75) is 87.0 Å². The molecule has 0 amide bonds. The van der Waals surface area contributed by atoms with E-state index in [1.54, 1.807) is 20.8 Å². The van der Waals surface area contributed by atoms with Crippen LogP contribution in [0, 0.1) is 17.3 Å². The Bertz CT molecular complexity index is 188. The second kappa shape index (κ2) is 8.87. The first-order valence-electron chi connectivity index (χ1n) is 7.31. The number of hydrogen-bond donors (Lipinski definition) is 0. The summed E-state index contributed by atoms with van der Waals surface area (Å²) in [7, 11) is 0. The molecular weight excluding hydrogens is 230 g/mol. The predicted octanol–water partition coefficient (Wildman–Crippen LogP) is 6.55. The lowest BCUT2D eigenvalue weighted by molar-refractivity contribution is -0.110. The summed E-state index contributed by atoms with van der Waals surface area (Å²) >= 11 is 0. The van der Waals surface area contributed by atoms with Crippen LogP contribution < -0.4 is 0 Å². The van der Waals surface area contributed by atoms with Crippen molar-refractivity contribution in [1.29, 1.82) is 0 Å². The monoisotopic (exact) mass is 264 g/mol. The molecule has 0 aromatic heterocycles. The van der Waals surface area contributed by atoms with Crippen molar-refractivity contribution in [2.24, 2.45) is 17.3 Å². The van der Waals surface area contributed by atoms with Crippen molar-refractivity contribution >= 4 is 0 Å². The van der Waals surface area contributed by atoms with E-state index in [0.29, 0.717) is 0 Å². The van der Waals surface area contributed by atoms with Crippen molar-refractivity contribution in [3.05, 3.63) is 0 Å². The summed E-state index contributed by atoms with van der Waals surface area (Å²) in [6.45, 7) is 15.2. The first-order chi connectivity index (χ1) is 7.94. The molecule has 0 atom stereocenters. The quantitative estimate of drug-likeness (QED) is 0.528. The predicted molar refractivity (Wildman–Crippen MR) is 78.2 cm³/mol. The van der Waals surface area contributed by atoms with Gasteiger partial charge in [0.25, 0.3) is 5.92 Å². The second-order valence-electron chi connectivity index (χ2n) is 7.09. The van der Waals surface area contributed by atoms with Gasteiger partial charge >= 0.3 is 0 Å². The normalized spacial score (nSPS) is 12.7. The Kier molecular flexibility index (Phi) is 9.95. The highest BCUT2D eigenvalue weighted by Crippen LogP contribution is 2.40. The Balaban J connectivity index is 0. The van der Waals surface area contributed by atoms with E-state index in [0.717, 1.165) is 5.92 Å². The summed E-state index contributed by atoms with van der Waals surface area (Å²) in [4.78, 5) is 0. The molecule has 0 bridgehead atoms. The summed E-state index contributed by atoms with van der Waals surface area (Å²) in [5.41, 5.74) is -0.905. The van der Waals surface area contributed by atoms with Gasteiger partial charge in [-0.25, -0.2) is 8.78 Å². The van der Waals surface area contributed by atoms with E-state index in [2.05, 4.69) is 20.8 Å². The average molecular weight is 264 g/mol. The zero-order valence-corrected chi connectivity index (χ0v) is 13.7. The van der Waals surface area contributed by atoms with E-state index in [-0.39, 0.29) is 12.3 Å². The van der Waals surface area contributed by atoms with E-state index in [1.807, 2.05) is 13.8 Å². The Morgan fingerprint density at radius 3 is 1.44 bits per heavy atom. The fourth-order valence-electron chi connectivity index (χ4n) is 1.43. The highest BCUT2D eigenvalue weighted by molar-refractivity contribution is 4.81. The molecule has 0 saturated heterocycles. The fraction of sp³-hybridized carbons (Fsp3) is 1.00. The maximum atomic E-state index is 13.2. The third kappa shape index (κ3) is 11.0. The van der Waals surface area contributed by atoms with Crippen LogP contribution in [0.25, 0.3) is 0 Å².